The maximum absolute atomic E-state index is 12.9. The van der Waals surface area contributed by atoms with Crippen molar-refractivity contribution in [2.24, 2.45) is 11.1 Å². The van der Waals surface area contributed by atoms with Crippen LogP contribution in [0, 0.1) is 19.3 Å². The summed E-state index contributed by atoms with van der Waals surface area (Å²) >= 11 is 0. The Balaban J connectivity index is 1.79. The molecule has 140 valence electrons. The highest BCUT2D eigenvalue weighted by Crippen LogP contribution is 2.50. The van der Waals surface area contributed by atoms with E-state index >= 15 is 0 Å². The summed E-state index contributed by atoms with van der Waals surface area (Å²) in [5.74, 6) is -0.177. The Morgan fingerprint density at radius 2 is 2.12 bits per heavy atom. The Bertz CT molecular complexity index is 827. The lowest BCUT2D eigenvalue weighted by Crippen LogP contribution is -2.74. The first kappa shape index (κ1) is 18.6. The molecule has 1 aromatic carbocycles. The van der Waals surface area contributed by atoms with E-state index in [1.54, 1.807) is 0 Å². The molecule has 0 spiro atoms. The van der Waals surface area contributed by atoms with Crippen molar-refractivity contribution in [1.82, 2.24) is 9.78 Å². The molecule has 3 N–H and O–H groups in total. The van der Waals surface area contributed by atoms with Gasteiger partial charge in [-0.1, -0.05) is 19.9 Å². The standard InChI is InChI=1S/C20H28N4O2/c1-6-26-17-12-20(21,19(17,4)5)18(25)22-15-8-7-9-16(11-15)24-14(3)10-13(2)23-24/h7-11,17H,6,12,21H2,1-5H3,(H,22,25). The van der Waals surface area contributed by atoms with Crippen LogP contribution in [0.15, 0.2) is 30.3 Å². The lowest BCUT2D eigenvalue weighted by molar-refractivity contribution is -0.166. The summed E-state index contributed by atoms with van der Waals surface area (Å²) in [6.07, 6.45) is 0.529. The van der Waals surface area contributed by atoms with Crippen LogP contribution in [0.25, 0.3) is 5.69 Å². The predicted molar refractivity (Wildman–Crippen MR) is 102 cm³/mol. The number of carbonyl (C=O) groups is 1. The third-order valence-corrected chi connectivity index (χ3v) is 5.59. The summed E-state index contributed by atoms with van der Waals surface area (Å²) in [5.41, 5.74) is 8.71. The number of carbonyl (C=O) groups excluding carboxylic acids is 1. The van der Waals surface area contributed by atoms with Gasteiger partial charge in [-0.15, -0.1) is 0 Å². The maximum Gasteiger partial charge on any atom is 0.245 e. The van der Waals surface area contributed by atoms with Crippen molar-refractivity contribution in [3.63, 3.8) is 0 Å². The number of nitrogens with two attached hydrogens (primary N) is 1. The smallest absolute Gasteiger partial charge is 0.245 e. The number of amides is 1. The Morgan fingerprint density at radius 3 is 2.69 bits per heavy atom. The molecule has 0 radical (unpaired) electrons. The van der Waals surface area contributed by atoms with Crippen molar-refractivity contribution >= 4 is 11.6 Å². The van der Waals surface area contributed by atoms with E-state index in [1.807, 2.05) is 69.6 Å². The predicted octanol–water partition coefficient (Wildman–Crippen LogP) is 2.96. The van der Waals surface area contributed by atoms with Crippen LogP contribution in [0.5, 0.6) is 0 Å². The van der Waals surface area contributed by atoms with E-state index in [4.69, 9.17) is 10.5 Å². The summed E-state index contributed by atoms with van der Waals surface area (Å²) in [6.45, 7) is 10.5. The molecule has 26 heavy (non-hydrogen) atoms. The molecular formula is C20H28N4O2. The van der Waals surface area contributed by atoms with Crippen LogP contribution < -0.4 is 11.1 Å². The minimum Gasteiger partial charge on any atom is -0.378 e. The summed E-state index contributed by atoms with van der Waals surface area (Å²) < 4.78 is 7.57. The van der Waals surface area contributed by atoms with E-state index in [0.29, 0.717) is 18.7 Å². The Hall–Kier alpha value is -2.18. The first-order valence-electron chi connectivity index (χ1n) is 9.04. The molecule has 1 aromatic heterocycles. The zero-order valence-corrected chi connectivity index (χ0v) is 16.2. The van der Waals surface area contributed by atoms with Gasteiger partial charge in [-0.2, -0.15) is 5.10 Å². The molecule has 1 saturated carbocycles. The number of aryl methyl sites for hydroxylation is 2. The molecule has 3 rings (SSSR count). The first-order chi connectivity index (χ1) is 12.2. The second-order valence-corrected chi connectivity index (χ2v) is 7.68. The van der Waals surface area contributed by atoms with E-state index in [-0.39, 0.29) is 12.0 Å². The van der Waals surface area contributed by atoms with E-state index < -0.39 is 11.0 Å². The number of anilines is 1. The van der Waals surface area contributed by atoms with Gasteiger partial charge >= 0.3 is 0 Å². The normalized spacial score (nSPS) is 24.2. The lowest BCUT2D eigenvalue weighted by Gasteiger charge is -2.57. The molecule has 0 aliphatic heterocycles. The number of nitrogens with zero attached hydrogens (tertiary/aromatic N) is 2. The van der Waals surface area contributed by atoms with Gasteiger partial charge in [-0.05, 0) is 45.0 Å². The third kappa shape index (κ3) is 2.93. The number of hydrogen-bond donors (Lipinski definition) is 2. The molecule has 1 amide bonds. The summed E-state index contributed by atoms with van der Waals surface area (Å²) in [6, 6.07) is 9.66. The summed E-state index contributed by atoms with van der Waals surface area (Å²) in [7, 11) is 0. The topological polar surface area (TPSA) is 82.2 Å². The van der Waals surface area contributed by atoms with Crippen LogP contribution in [0.3, 0.4) is 0 Å². The molecule has 2 atom stereocenters. The average Bonchev–Trinajstić information content (AvgIpc) is 2.93. The third-order valence-electron chi connectivity index (χ3n) is 5.59. The summed E-state index contributed by atoms with van der Waals surface area (Å²) in [4.78, 5) is 12.9. The van der Waals surface area contributed by atoms with E-state index in [0.717, 1.165) is 17.1 Å². The lowest BCUT2D eigenvalue weighted by atomic mass is 9.54. The second-order valence-electron chi connectivity index (χ2n) is 7.68. The fourth-order valence-corrected chi connectivity index (χ4v) is 3.67. The zero-order chi connectivity index (χ0) is 19.1. The highest BCUT2D eigenvalue weighted by Gasteiger charge is 2.62. The zero-order valence-electron chi connectivity index (χ0n) is 16.2. The van der Waals surface area contributed by atoms with E-state index in [2.05, 4.69) is 10.4 Å². The van der Waals surface area contributed by atoms with Crippen LogP contribution in [0.4, 0.5) is 5.69 Å². The molecule has 0 bridgehead atoms. The second kappa shape index (κ2) is 6.52. The number of aromatic nitrogens is 2. The Kier molecular flexibility index (Phi) is 4.67. The van der Waals surface area contributed by atoms with Gasteiger partial charge in [0.15, 0.2) is 0 Å². The van der Waals surface area contributed by atoms with Crippen molar-refractivity contribution in [3.8, 4) is 5.69 Å². The minimum atomic E-state index is -0.943. The van der Waals surface area contributed by atoms with Gasteiger partial charge in [-0.3, -0.25) is 4.79 Å². The molecule has 1 aliphatic rings. The quantitative estimate of drug-likeness (QED) is 0.863. The van der Waals surface area contributed by atoms with Gasteiger partial charge in [0.1, 0.15) is 5.54 Å². The maximum atomic E-state index is 12.9. The van der Waals surface area contributed by atoms with E-state index in [1.165, 1.54) is 0 Å². The number of nitrogens with one attached hydrogen (secondary N) is 1. The fourth-order valence-electron chi connectivity index (χ4n) is 3.67. The Labute approximate surface area is 154 Å². The summed E-state index contributed by atoms with van der Waals surface area (Å²) in [5, 5.41) is 7.47. The van der Waals surface area contributed by atoms with Crippen molar-refractivity contribution in [1.29, 1.82) is 0 Å². The molecule has 2 aromatic rings. The number of hydrogen-bond acceptors (Lipinski definition) is 4. The van der Waals surface area contributed by atoms with Gasteiger partial charge in [0, 0.05) is 29.8 Å². The van der Waals surface area contributed by atoms with Crippen molar-refractivity contribution in [2.75, 3.05) is 11.9 Å². The SMILES string of the molecule is CCOC1CC(N)(C(=O)Nc2cccc(-n3nc(C)cc3C)c2)C1(C)C. The average molecular weight is 356 g/mol. The van der Waals surface area contributed by atoms with Crippen LogP contribution in [0.1, 0.15) is 38.6 Å². The number of ether oxygens (including phenoxy) is 1. The highest BCUT2D eigenvalue weighted by atomic mass is 16.5. The van der Waals surface area contributed by atoms with Gasteiger partial charge < -0.3 is 15.8 Å². The minimum absolute atomic E-state index is 0.00397. The molecular weight excluding hydrogens is 328 g/mol. The molecule has 1 aliphatic carbocycles. The van der Waals surface area contributed by atoms with Gasteiger partial charge in [0.05, 0.1) is 17.5 Å². The molecule has 6 heteroatoms. The largest absolute Gasteiger partial charge is 0.378 e. The highest BCUT2D eigenvalue weighted by molar-refractivity contribution is 6.00. The monoisotopic (exact) mass is 356 g/mol. The molecule has 6 nitrogen and oxygen atoms in total. The van der Waals surface area contributed by atoms with E-state index in [9.17, 15) is 4.79 Å². The van der Waals surface area contributed by atoms with Crippen LogP contribution in [-0.2, 0) is 9.53 Å². The molecule has 0 saturated heterocycles. The van der Waals surface area contributed by atoms with Crippen molar-refractivity contribution < 1.29 is 9.53 Å². The van der Waals surface area contributed by atoms with Gasteiger partial charge in [0.25, 0.3) is 0 Å². The molecule has 2 unspecified atom stereocenters. The van der Waals surface area contributed by atoms with Crippen LogP contribution in [0.2, 0.25) is 0 Å². The van der Waals surface area contributed by atoms with Crippen molar-refractivity contribution in [2.45, 2.75) is 52.7 Å². The first-order valence-corrected chi connectivity index (χ1v) is 9.04. The number of rotatable bonds is 5. The fraction of sp³-hybridized carbons (Fsp3) is 0.500. The van der Waals surface area contributed by atoms with Gasteiger partial charge in [-0.25, -0.2) is 4.68 Å². The molecule has 1 fully saturated rings. The molecule has 1 heterocycles. The van der Waals surface area contributed by atoms with Gasteiger partial charge in [0.2, 0.25) is 5.91 Å². The number of benzene rings is 1. The van der Waals surface area contributed by atoms with Crippen LogP contribution in [-0.4, -0.2) is 33.9 Å². The Morgan fingerprint density at radius 1 is 1.38 bits per heavy atom. The van der Waals surface area contributed by atoms with Crippen LogP contribution >= 0.6 is 0 Å². The van der Waals surface area contributed by atoms with Crippen molar-refractivity contribution in [3.05, 3.63) is 41.7 Å².